The lowest BCUT2D eigenvalue weighted by Crippen LogP contribution is -2.27. The summed E-state index contributed by atoms with van der Waals surface area (Å²) in [4.78, 5) is 12.3. The number of hydrogen-bond acceptors (Lipinski definition) is 3. The maximum absolute atomic E-state index is 12.7. The van der Waals surface area contributed by atoms with Crippen molar-refractivity contribution >= 4 is 33.2 Å². The quantitative estimate of drug-likeness (QED) is 0.773. The highest BCUT2D eigenvalue weighted by Gasteiger charge is 2.21. The van der Waals surface area contributed by atoms with Gasteiger partial charge in [-0.2, -0.15) is 0 Å². The summed E-state index contributed by atoms with van der Waals surface area (Å²) in [5.74, 6) is 0.352. The molecule has 0 aliphatic rings. The van der Waals surface area contributed by atoms with Crippen molar-refractivity contribution in [2.75, 3.05) is 17.9 Å². The predicted molar refractivity (Wildman–Crippen MR) is 105 cm³/mol. The molecule has 0 saturated heterocycles. The number of benzene rings is 2. The van der Waals surface area contributed by atoms with E-state index in [9.17, 15) is 13.2 Å². The van der Waals surface area contributed by atoms with Gasteiger partial charge in [-0.05, 0) is 60.9 Å². The molecule has 26 heavy (non-hydrogen) atoms. The fourth-order valence-corrected chi connectivity index (χ4v) is 3.62. The molecule has 0 fully saturated rings. The molecule has 5 nitrogen and oxygen atoms in total. The van der Waals surface area contributed by atoms with E-state index in [2.05, 4.69) is 19.2 Å². The molecule has 0 aromatic heterocycles. The number of anilines is 1. The third-order valence-corrected chi connectivity index (χ3v) is 6.02. The summed E-state index contributed by atoms with van der Waals surface area (Å²) < 4.78 is 26.5. The molecule has 2 aromatic rings. The summed E-state index contributed by atoms with van der Waals surface area (Å²) >= 11 is 5.81. The van der Waals surface area contributed by atoms with E-state index in [1.807, 2.05) is 0 Å². The van der Waals surface area contributed by atoms with Crippen LogP contribution in [-0.2, 0) is 10.0 Å². The summed E-state index contributed by atoms with van der Waals surface area (Å²) in [7, 11) is -2.22. The van der Waals surface area contributed by atoms with Crippen LogP contribution in [0.2, 0.25) is 5.02 Å². The molecule has 0 unspecified atom stereocenters. The van der Waals surface area contributed by atoms with Crippen molar-refractivity contribution in [3.05, 3.63) is 59.1 Å². The summed E-state index contributed by atoms with van der Waals surface area (Å²) in [5, 5.41) is 3.33. The first-order chi connectivity index (χ1) is 12.2. The maximum Gasteiger partial charge on any atom is 0.264 e. The Balaban J connectivity index is 2.11. The molecule has 0 bridgehead atoms. The minimum Gasteiger partial charge on any atom is -0.352 e. The maximum atomic E-state index is 12.7. The van der Waals surface area contributed by atoms with Crippen molar-refractivity contribution < 1.29 is 13.2 Å². The van der Waals surface area contributed by atoms with Crippen molar-refractivity contribution in [3.8, 4) is 0 Å². The molecule has 7 heteroatoms. The Morgan fingerprint density at radius 1 is 1.08 bits per heavy atom. The number of rotatable bonds is 7. The van der Waals surface area contributed by atoms with Crippen LogP contribution in [0.3, 0.4) is 0 Å². The zero-order valence-corrected chi connectivity index (χ0v) is 16.6. The smallest absolute Gasteiger partial charge is 0.264 e. The van der Waals surface area contributed by atoms with Crippen LogP contribution in [0.1, 0.15) is 30.6 Å². The van der Waals surface area contributed by atoms with E-state index in [0.29, 0.717) is 28.7 Å². The molecule has 1 N–H and O–H groups in total. The number of carbonyl (C=O) groups is 1. The lowest BCUT2D eigenvalue weighted by Gasteiger charge is -2.20. The molecule has 0 aliphatic carbocycles. The molecule has 0 spiro atoms. The third-order valence-electron chi connectivity index (χ3n) is 3.97. The highest BCUT2D eigenvalue weighted by atomic mass is 35.5. The van der Waals surface area contributed by atoms with Crippen molar-refractivity contribution in [2.45, 2.75) is 25.2 Å². The SMILES string of the molecule is CC(C)CCNC(=O)c1ccc(N(C)S(=O)(=O)c2ccc(Cl)cc2)cc1. The number of halogens is 1. The molecule has 0 saturated carbocycles. The van der Waals surface area contributed by atoms with Crippen molar-refractivity contribution in [2.24, 2.45) is 5.92 Å². The van der Waals surface area contributed by atoms with Crippen LogP contribution in [0.25, 0.3) is 0 Å². The minimum atomic E-state index is -3.69. The first-order valence-electron chi connectivity index (χ1n) is 8.34. The van der Waals surface area contributed by atoms with Crippen LogP contribution >= 0.6 is 11.6 Å². The molecule has 140 valence electrons. The van der Waals surface area contributed by atoms with Gasteiger partial charge in [-0.25, -0.2) is 8.42 Å². The van der Waals surface area contributed by atoms with Crippen molar-refractivity contribution in [1.29, 1.82) is 0 Å². The van der Waals surface area contributed by atoms with E-state index in [1.54, 1.807) is 24.3 Å². The van der Waals surface area contributed by atoms with Gasteiger partial charge >= 0.3 is 0 Å². The monoisotopic (exact) mass is 394 g/mol. The fourth-order valence-electron chi connectivity index (χ4n) is 2.30. The van der Waals surface area contributed by atoms with E-state index < -0.39 is 10.0 Å². The number of amides is 1. The van der Waals surface area contributed by atoms with Crippen LogP contribution in [-0.4, -0.2) is 27.9 Å². The summed E-state index contributed by atoms with van der Waals surface area (Å²) in [6.45, 7) is 4.80. The predicted octanol–water partition coefficient (Wildman–Crippen LogP) is 3.94. The van der Waals surface area contributed by atoms with Gasteiger partial charge in [-0.1, -0.05) is 25.4 Å². The number of nitrogens with zero attached hydrogens (tertiary/aromatic N) is 1. The van der Waals surface area contributed by atoms with Gasteiger partial charge in [0.15, 0.2) is 0 Å². The normalized spacial score (nSPS) is 11.4. The fraction of sp³-hybridized carbons (Fsp3) is 0.316. The highest BCUT2D eigenvalue weighted by Crippen LogP contribution is 2.23. The van der Waals surface area contributed by atoms with Gasteiger partial charge in [-0.15, -0.1) is 0 Å². The topological polar surface area (TPSA) is 66.5 Å². The van der Waals surface area contributed by atoms with Crippen molar-refractivity contribution in [3.63, 3.8) is 0 Å². The summed E-state index contributed by atoms with van der Waals surface area (Å²) in [6.07, 6.45) is 0.909. The Kier molecular flexibility index (Phi) is 6.67. The van der Waals surface area contributed by atoms with Gasteiger partial charge in [0, 0.05) is 24.2 Å². The van der Waals surface area contributed by atoms with E-state index in [0.717, 1.165) is 6.42 Å². The average Bonchev–Trinajstić information content (AvgIpc) is 2.61. The summed E-state index contributed by atoms with van der Waals surface area (Å²) in [5.41, 5.74) is 0.966. The average molecular weight is 395 g/mol. The molecule has 0 atom stereocenters. The van der Waals surface area contributed by atoms with Crippen LogP contribution in [0.4, 0.5) is 5.69 Å². The van der Waals surface area contributed by atoms with Gasteiger partial charge in [-0.3, -0.25) is 9.10 Å². The lowest BCUT2D eigenvalue weighted by molar-refractivity contribution is 0.0952. The largest absolute Gasteiger partial charge is 0.352 e. The zero-order valence-electron chi connectivity index (χ0n) is 15.1. The zero-order chi connectivity index (χ0) is 19.3. The molecule has 0 aliphatic heterocycles. The van der Waals surface area contributed by atoms with Crippen LogP contribution in [0.5, 0.6) is 0 Å². The molecular formula is C19H23ClN2O3S. The van der Waals surface area contributed by atoms with Gasteiger partial charge < -0.3 is 5.32 Å². The number of hydrogen-bond donors (Lipinski definition) is 1. The van der Waals surface area contributed by atoms with Gasteiger partial charge in [0.05, 0.1) is 10.6 Å². The second kappa shape index (κ2) is 8.56. The second-order valence-corrected chi connectivity index (χ2v) is 8.82. The minimum absolute atomic E-state index is 0.153. The standard InChI is InChI=1S/C19H23ClN2O3S/c1-14(2)12-13-21-19(23)15-4-8-17(9-5-15)22(3)26(24,25)18-10-6-16(20)7-11-18/h4-11,14H,12-13H2,1-3H3,(H,21,23). The highest BCUT2D eigenvalue weighted by molar-refractivity contribution is 7.92. The molecular weight excluding hydrogens is 372 g/mol. The Morgan fingerprint density at radius 3 is 2.19 bits per heavy atom. The van der Waals surface area contributed by atoms with E-state index in [1.165, 1.54) is 35.6 Å². The first kappa shape index (κ1) is 20.3. The number of sulfonamides is 1. The Hall–Kier alpha value is -2.05. The molecule has 0 heterocycles. The summed E-state index contributed by atoms with van der Waals surface area (Å²) in [6, 6.07) is 12.5. The molecule has 0 radical (unpaired) electrons. The van der Waals surface area contributed by atoms with Crippen LogP contribution in [0, 0.1) is 5.92 Å². The molecule has 2 rings (SSSR count). The van der Waals surface area contributed by atoms with E-state index >= 15 is 0 Å². The second-order valence-electron chi connectivity index (χ2n) is 6.41. The van der Waals surface area contributed by atoms with Gasteiger partial charge in [0.25, 0.3) is 15.9 Å². The van der Waals surface area contributed by atoms with E-state index in [4.69, 9.17) is 11.6 Å². The van der Waals surface area contributed by atoms with Gasteiger partial charge in [0.2, 0.25) is 0 Å². The van der Waals surface area contributed by atoms with E-state index in [-0.39, 0.29) is 10.8 Å². The Labute approximate surface area is 160 Å². The molecule has 2 aromatic carbocycles. The van der Waals surface area contributed by atoms with Gasteiger partial charge in [0.1, 0.15) is 0 Å². The van der Waals surface area contributed by atoms with Crippen LogP contribution < -0.4 is 9.62 Å². The molecule has 1 amide bonds. The number of carbonyl (C=O) groups excluding carboxylic acids is 1. The Morgan fingerprint density at radius 2 is 1.65 bits per heavy atom. The van der Waals surface area contributed by atoms with Crippen molar-refractivity contribution in [1.82, 2.24) is 5.32 Å². The number of nitrogens with one attached hydrogen (secondary N) is 1. The van der Waals surface area contributed by atoms with Crippen LogP contribution in [0.15, 0.2) is 53.4 Å². The lowest BCUT2D eigenvalue weighted by atomic mass is 10.1. The third kappa shape index (κ3) is 4.99. The Bertz CT molecular complexity index is 847. The first-order valence-corrected chi connectivity index (χ1v) is 10.2.